The smallest absolute Gasteiger partial charge is 0.396 e. The van der Waals surface area contributed by atoms with Gasteiger partial charge in [-0.15, -0.1) is 0 Å². The van der Waals surface area contributed by atoms with Gasteiger partial charge in [-0.25, -0.2) is 0 Å². The van der Waals surface area contributed by atoms with Crippen LogP contribution in [0.3, 0.4) is 0 Å². The molecule has 0 fully saturated rings. The first-order valence-corrected chi connectivity index (χ1v) is 4.65. The summed E-state index contributed by atoms with van der Waals surface area (Å²) in [7, 11) is 1.27. The van der Waals surface area contributed by atoms with E-state index in [-0.39, 0.29) is 16.3 Å². The summed E-state index contributed by atoms with van der Waals surface area (Å²) in [5.41, 5.74) is -0.160. The molecule has 0 aromatic heterocycles. The predicted octanol–water partition coefficient (Wildman–Crippen LogP) is 3.48. The average molecular weight is 253 g/mol. The van der Waals surface area contributed by atoms with Gasteiger partial charge in [0.25, 0.3) is 0 Å². The van der Waals surface area contributed by atoms with Crippen LogP contribution in [0.1, 0.15) is 16.8 Å². The number of hydrogen-bond acceptors (Lipinski definition) is 2. The maximum atomic E-state index is 12.0. The fourth-order valence-electron chi connectivity index (χ4n) is 1.18. The molecular formula is C10H8ClF3O2. The average Bonchev–Trinajstić information content (AvgIpc) is 2.15. The van der Waals surface area contributed by atoms with E-state index in [1.54, 1.807) is 0 Å². The third-order valence-corrected chi connectivity index (χ3v) is 2.06. The van der Waals surface area contributed by atoms with E-state index < -0.39 is 18.4 Å². The highest BCUT2D eigenvalue weighted by Crippen LogP contribution is 2.28. The second-order valence-corrected chi connectivity index (χ2v) is 3.50. The Bertz CT molecular complexity index is 402. The maximum Gasteiger partial charge on any atom is 0.396 e. The monoisotopic (exact) mass is 252 g/mol. The van der Waals surface area contributed by atoms with Crippen LogP contribution in [0.5, 0.6) is 5.75 Å². The Hall–Kier alpha value is -1.23. The first-order chi connectivity index (χ1) is 7.33. The molecule has 0 aliphatic rings. The minimum Gasteiger partial charge on any atom is -0.496 e. The number of Topliss-reactive ketones (excluding diaryl/α,β-unsaturated/α-hetero) is 1. The molecule has 0 radical (unpaired) electrons. The summed E-state index contributed by atoms with van der Waals surface area (Å²) in [6.45, 7) is 0. The van der Waals surface area contributed by atoms with E-state index in [0.29, 0.717) is 0 Å². The SMILES string of the molecule is COc1ccc(Cl)cc1C(=O)CC(F)(F)F. The highest BCUT2D eigenvalue weighted by Gasteiger charge is 2.32. The summed E-state index contributed by atoms with van der Waals surface area (Å²) in [4.78, 5) is 11.3. The first-order valence-electron chi connectivity index (χ1n) is 4.27. The Morgan fingerprint density at radius 2 is 2.06 bits per heavy atom. The summed E-state index contributed by atoms with van der Waals surface area (Å²) in [5, 5.41) is 0.186. The van der Waals surface area contributed by atoms with Crippen molar-refractivity contribution in [3.63, 3.8) is 0 Å². The van der Waals surface area contributed by atoms with E-state index in [1.165, 1.54) is 19.2 Å². The van der Waals surface area contributed by atoms with Gasteiger partial charge in [0.05, 0.1) is 12.7 Å². The van der Waals surface area contributed by atoms with Crippen LogP contribution in [-0.2, 0) is 0 Å². The number of ether oxygens (including phenoxy) is 1. The summed E-state index contributed by atoms with van der Waals surface area (Å²) in [6, 6.07) is 3.95. The zero-order valence-corrected chi connectivity index (χ0v) is 9.02. The van der Waals surface area contributed by atoms with E-state index in [9.17, 15) is 18.0 Å². The Morgan fingerprint density at radius 1 is 1.44 bits per heavy atom. The van der Waals surface area contributed by atoms with Gasteiger partial charge >= 0.3 is 6.18 Å². The zero-order valence-electron chi connectivity index (χ0n) is 8.27. The van der Waals surface area contributed by atoms with Gasteiger partial charge in [-0.3, -0.25) is 4.79 Å². The Morgan fingerprint density at radius 3 is 2.56 bits per heavy atom. The van der Waals surface area contributed by atoms with Crippen LogP contribution in [-0.4, -0.2) is 19.1 Å². The van der Waals surface area contributed by atoms with E-state index in [1.807, 2.05) is 0 Å². The quantitative estimate of drug-likeness (QED) is 0.770. The van der Waals surface area contributed by atoms with Crippen LogP contribution in [0.15, 0.2) is 18.2 Å². The van der Waals surface area contributed by atoms with Gasteiger partial charge in [0, 0.05) is 5.02 Å². The largest absolute Gasteiger partial charge is 0.496 e. The maximum absolute atomic E-state index is 12.0. The number of carbonyl (C=O) groups excluding carboxylic acids is 1. The second-order valence-electron chi connectivity index (χ2n) is 3.06. The van der Waals surface area contributed by atoms with Gasteiger partial charge in [-0.1, -0.05) is 11.6 Å². The van der Waals surface area contributed by atoms with Crippen LogP contribution in [0.25, 0.3) is 0 Å². The Kier molecular flexibility index (Phi) is 3.80. The lowest BCUT2D eigenvalue weighted by atomic mass is 10.1. The molecule has 0 heterocycles. The molecule has 2 nitrogen and oxygen atoms in total. The number of halogens is 4. The van der Waals surface area contributed by atoms with Gasteiger partial charge in [0.1, 0.15) is 12.2 Å². The number of benzene rings is 1. The van der Waals surface area contributed by atoms with Crippen LogP contribution < -0.4 is 4.74 Å². The minimum absolute atomic E-state index is 0.0821. The highest BCUT2D eigenvalue weighted by atomic mass is 35.5. The molecule has 1 aromatic rings. The van der Waals surface area contributed by atoms with Crippen molar-refractivity contribution in [2.45, 2.75) is 12.6 Å². The fraction of sp³-hybridized carbons (Fsp3) is 0.300. The molecule has 16 heavy (non-hydrogen) atoms. The van der Waals surface area contributed by atoms with Crippen molar-refractivity contribution in [3.05, 3.63) is 28.8 Å². The Balaban J connectivity index is 3.02. The normalized spacial score (nSPS) is 11.3. The van der Waals surface area contributed by atoms with E-state index in [0.717, 1.165) is 6.07 Å². The molecule has 0 saturated heterocycles. The molecule has 0 saturated carbocycles. The van der Waals surface area contributed by atoms with Crippen molar-refractivity contribution in [1.82, 2.24) is 0 Å². The van der Waals surface area contributed by atoms with Crippen molar-refractivity contribution in [1.29, 1.82) is 0 Å². The van der Waals surface area contributed by atoms with Crippen molar-refractivity contribution >= 4 is 17.4 Å². The summed E-state index contributed by atoms with van der Waals surface area (Å²) < 4.78 is 40.9. The standard InChI is InChI=1S/C10H8ClF3O2/c1-16-9-3-2-6(11)4-7(9)8(15)5-10(12,13)14/h2-4H,5H2,1H3. The highest BCUT2D eigenvalue weighted by molar-refractivity contribution is 6.31. The third kappa shape index (κ3) is 3.41. The predicted molar refractivity (Wildman–Crippen MR) is 53.0 cm³/mol. The molecule has 1 rings (SSSR count). The number of rotatable bonds is 3. The molecule has 0 amide bonds. The van der Waals surface area contributed by atoms with Gasteiger partial charge in [0.2, 0.25) is 0 Å². The molecule has 0 bridgehead atoms. The molecular weight excluding hydrogens is 245 g/mol. The number of carbonyl (C=O) groups is 1. The molecule has 0 aliphatic heterocycles. The lowest BCUT2D eigenvalue weighted by molar-refractivity contribution is -0.125. The third-order valence-electron chi connectivity index (χ3n) is 1.82. The van der Waals surface area contributed by atoms with E-state index in [4.69, 9.17) is 16.3 Å². The van der Waals surface area contributed by atoms with Crippen LogP contribution >= 0.6 is 11.6 Å². The van der Waals surface area contributed by atoms with Crippen LogP contribution in [0.2, 0.25) is 5.02 Å². The second kappa shape index (κ2) is 4.74. The first kappa shape index (κ1) is 12.8. The lowest BCUT2D eigenvalue weighted by Gasteiger charge is -2.09. The fourth-order valence-corrected chi connectivity index (χ4v) is 1.35. The molecule has 0 aliphatic carbocycles. The number of methoxy groups -OCH3 is 1. The van der Waals surface area contributed by atoms with Crippen molar-refractivity contribution in [3.8, 4) is 5.75 Å². The van der Waals surface area contributed by atoms with E-state index >= 15 is 0 Å². The van der Waals surface area contributed by atoms with Crippen molar-refractivity contribution in [2.24, 2.45) is 0 Å². The lowest BCUT2D eigenvalue weighted by Crippen LogP contribution is -2.15. The summed E-state index contributed by atoms with van der Waals surface area (Å²) >= 11 is 5.60. The van der Waals surface area contributed by atoms with Crippen LogP contribution in [0, 0.1) is 0 Å². The van der Waals surface area contributed by atoms with E-state index in [2.05, 4.69) is 0 Å². The molecule has 0 atom stereocenters. The molecule has 0 unspecified atom stereocenters. The molecule has 1 aromatic carbocycles. The summed E-state index contributed by atoms with van der Waals surface area (Å²) in [6.07, 6.45) is -6.06. The number of alkyl halides is 3. The van der Waals surface area contributed by atoms with Crippen molar-refractivity contribution < 1.29 is 22.7 Å². The van der Waals surface area contributed by atoms with Gasteiger partial charge in [-0.2, -0.15) is 13.2 Å². The van der Waals surface area contributed by atoms with Gasteiger partial charge < -0.3 is 4.74 Å². The molecule has 0 N–H and O–H groups in total. The molecule has 88 valence electrons. The van der Waals surface area contributed by atoms with Crippen molar-refractivity contribution in [2.75, 3.05) is 7.11 Å². The number of ketones is 1. The van der Waals surface area contributed by atoms with Gasteiger partial charge in [-0.05, 0) is 18.2 Å². The zero-order chi connectivity index (χ0) is 12.3. The molecule has 0 spiro atoms. The van der Waals surface area contributed by atoms with Gasteiger partial charge in [0.15, 0.2) is 5.78 Å². The topological polar surface area (TPSA) is 26.3 Å². The number of hydrogen-bond donors (Lipinski definition) is 0. The minimum atomic E-state index is -4.54. The Labute approximate surface area is 95.0 Å². The summed E-state index contributed by atoms with van der Waals surface area (Å²) in [5.74, 6) is -0.981. The van der Waals surface area contributed by atoms with Crippen LogP contribution in [0.4, 0.5) is 13.2 Å². The molecule has 6 heteroatoms.